The van der Waals surface area contributed by atoms with Gasteiger partial charge in [-0.25, -0.2) is 4.90 Å². The van der Waals surface area contributed by atoms with E-state index in [1.54, 1.807) is 54.7 Å². The summed E-state index contributed by atoms with van der Waals surface area (Å²) in [6, 6.07) is 13.2. The molecule has 4 rings (SSSR count). The van der Waals surface area contributed by atoms with Gasteiger partial charge in [-0.15, -0.1) is 0 Å². The zero-order valence-corrected chi connectivity index (χ0v) is 16.4. The van der Waals surface area contributed by atoms with Crippen LogP contribution in [0.2, 0.25) is 0 Å². The van der Waals surface area contributed by atoms with Crippen LogP contribution in [-0.2, 0) is 14.4 Å². The Morgan fingerprint density at radius 1 is 1.10 bits per heavy atom. The maximum Gasteiger partial charge on any atom is 0.324 e. The number of imide groups is 1. The largest absolute Gasteiger partial charge is 0.480 e. The first-order valence-electron chi connectivity index (χ1n) is 10.1. The zero-order chi connectivity index (χ0) is 21.3. The molecule has 0 saturated carbocycles. The lowest BCUT2D eigenvalue weighted by Crippen LogP contribution is -2.55. The van der Waals surface area contributed by atoms with E-state index >= 15 is 0 Å². The molecule has 4 atom stereocenters. The average Bonchev–Trinajstić information content (AvgIpc) is 3.24. The van der Waals surface area contributed by atoms with E-state index in [0.717, 1.165) is 4.90 Å². The number of nitrogens with one attached hydrogen (secondary N) is 1. The summed E-state index contributed by atoms with van der Waals surface area (Å²) in [7, 11) is 0. The van der Waals surface area contributed by atoms with Crippen molar-refractivity contribution >= 4 is 23.5 Å². The second kappa shape index (κ2) is 7.97. The molecule has 2 aliphatic heterocycles. The van der Waals surface area contributed by atoms with Gasteiger partial charge in [0.15, 0.2) is 0 Å². The lowest BCUT2D eigenvalue weighted by molar-refractivity contribution is -0.149. The van der Waals surface area contributed by atoms with E-state index in [9.17, 15) is 19.5 Å². The number of nitrogens with zero attached hydrogens (tertiary/aromatic N) is 2. The minimum atomic E-state index is -1.56. The Kier molecular flexibility index (Phi) is 5.36. The summed E-state index contributed by atoms with van der Waals surface area (Å²) >= 11 is 0. The second-order valence-corrected chi connectivity index (χ2v) is 7.75. The number of carboxylic acid groups (broad SMARTS) is 1. The van der Waals surface area contributed by atoms with Crippen LogP contribution in [0.5, 0.6) is 0 Å². The van der Waals surface area contributed by atoms with Gasteiger partial charge in [-0.2, -0.15) is 0 Å². The van der Waals surface area contributed by atoms with E-state index < -0.39 is 41.2 Å². The number of amides is 2. The number of anilines is 1. The van der Waals surface area contributed by atoms with Crippen molar-refractivity contribution in [3.63, 3.8) is 0 Å². The van der Waals surface area contributed by atoms with Crippen LogP contribution in [-0.4, -0.2) is 40.0 Å². The number of hydrogen-bond acceptors (Lipinski definition) is 6. The highest BCUT2D eigenvalue weighted by Gasteiger charge is 2.68. The predicted octanol–water partition coefficient (Wildman–Crippen LogP) is 1.48. The van der Waals surface area contributed by atoms with Gasteiger partial charge in [0.05, 0.1) is 29.3 Å². The molecule has 0 aliphatic carbocycles. The van der Waals surface area contributed by atoms with Crippen molar-refractivity contribution < 1.29 is 19.5 Å². The van der Waals surface area contributed by atoms with Gasteiger partial charge >= 0.3 is 5.97 Å². The standard InChI is InChI=1S/C22H24N4O4/c23-12-6-5-11-22(21(29)30)17-16(18(25-22)15-10-4-7-13-24-15)19(27)26(20(17)28)14-8-2-1-3-9-14/h1-4,7-10,13,16-18,25H,5-6,11-12,23H2,(H,29,30). The summed E-state index contributed by atoms with van der Waals surface area (Å²) in [5, 5.41) is 13.4. The fourth-order valence-electron chi connectivity index (χ4n) is 4.73. The molecule has 8 heteroatoms. The number of nitrogens with two attached hydrogens (primary N) is 1. The van der Waals surface area contributed by atoms with E-state index in [2.05, 4.69) is 10.3 Å². The van der Waals surface area contributed by atoms with Crippen LogP contribution in [0.15, 0.2) is 54.7 Å². The number of aliphatic carboxylic acids is 1. The first-order valence-corrected chi connectivity index (χ1v) is 10.1. The number of carbonyl (C=O) groups excluding carboxylic acids is 2. The highest BCUT2D eigenvalue weighted by atomic mass is 16.4. The van der Waals surface area contributed by atoms with Crippen molar-refractivity contribution in [2.45, 2.75) is 30.8 Å². The molecular weight excluding hydrogens is 384 g/mol. The number of fused-ring (bicyclic) bond motifs is 1. The van der Waals surface area contributed by atoms with Crippen LogP contribution in [0.3, 0.4) is 0 Å². The lowest BCUT2D eigenvalue weighted by atomic mass is 9.77. The van der Waals surface area contributed by atoms with Crippen molar-refractivity contribution in [3.8, 4) is 0 Å². The number of carbonyl (C=O) groups is 3. The van der Waals surface area contributed by atoms with Gasteiger partial charge in [-0.05, 0) is 50.1 Å². The molecule has 1 aromatic carbocycles. The van der Waals surface area contributed by atoms with Crippen LogP contribution in [0.25, 0.3) is 0 Å². The summed E-state index contributed by atoms with van der Waals surface area (Å²) in [6.07, 6.45) is 2.96. The third kappa shape index (κ3) is 3.09. The Labute approximate surface area is 174 Å². The quantitative estimate of drug-likeness (QED) is 0.468. The highest BCUT2D eigenvalue weighted by molar-refractivity contribution is 6.24. The Hall–Kier alpha value is -3.10. The zero-order valence-electron chi connectivity index (χ0n) is 16.4. The molecule has 2 saturated heterocycles. The van der Waals surface area contributed by atoms with Crippen molar-refractivity contribution in [2.75, 3.05) is 11.4 Å². The monoisotopic (exact) mass is 408 g/mol. The Bertz CT molecular complexity index is 952. The first kappa shape index (κ1) is 20.2. The van der Waals surface area contributed by atoms with Gasteiger partial charge in [0.25, 0.3) is 0 Å². The Morgan fingerprint density at radius 3 is 2.47 bits per heavy atom. The van der Waals surface area contributed by atoms with Crippen molar-refractivity contribution in [3.05, 3.63) is 60.4 Å². The third-order valence-electron chi connectivity index (χ3n) is 6.08. The normalized spacial score (nSPS) is 28.0. The minimum Gasteiger partial charge on any atom is -0.480 e. The summed E-state index contributed by atoms with van der Waals surface area (Å²) < 4.78 is 0. The molecule has 4 unspecified atom stereocenters. The number of para-hydroxylation sites is 1. The molecule has 2 aromatic rings. The van der Waals surface area contributed by atoms with Crippen molar-refractivity contribution in [2.24, 2.45) is 17.6 Å². The average molecular weight is 408 g/mol. The molecule has 0 radical (unpaired) electrons. The highest BCUT2D eigenvalue weighted by Crippen LogP contribution is 2.51. The predicted molar refractivity (Wildman–Crippen MR) is 109 cm³/mol. The number of rotatable bonds is 7. The van der Waals surface area contributed by atoms with Crippen LogP contribution < -0.4 is 16.0 Å². The van der Waals surface area contributed by atoms with E-state index in [0.29, 0.717) is 30.8 Å². The number of unbranched alkanes of at least 4 members (excludes halogenated alkanes) is 1. The maximum absolute atomic E-state index is 13.5. The summed E-state index contributed by atoms with van der Waals surface area (Å²) in [5.41, 5.74) is 5.03. The van der Waals surface area contributed by atoms with E-state index in [-0.39, 0.29) is 6.42 Å². The van der Waals surface area contributed by atoms with Crippen LogP contribution in [0, 0.1) is 11.8 Å². The molecule has 0 bridgehead atoms. The number of aromatic nitrogens is 1. The smallest absolute Gasteiger partial charge is 0.324 e. The van der Waals surface area contributed by atoms with E-state index in [4.69, 9.17) is 5.73 Å². The second-order valence-electron chi connectivity index (χ2n) is 7.75. The fraction of sp³-hybridized carbons (Fsp3) is 0.364. The third-order valence-corrected chi connectivity index (χ3v) is 6.08. The molecule has 156 valence electrons. The summed E-state index contributed by atoms with van der Waals surface area (Å²) in [4.78, 5) is 44.9. The van der Waals surface area contributed by atoms with Gasteiger partial charge in [-0.1, -0.05) is 24.3 Å². The van der Waals surface area contributed by atoms with Gasteiger partial charge in [-0.3, -0.25) is 24.7 Å². The molecule has 3 heterocycles. The fourth-order valence-corrected chi connectivity index (χ4v) is 4.73. The summed E-state index contributed by atoms with van der Waals surface area (Å²) in [6.45, 7) is 0.427. The molecule has 0 spiro atoms. The number of hydrogen-bond donors (Lipinski definition) is 3. The molecule has 30 heavy (non-hydrogen) atoms. The minimum absolute atomic E-state index is 0.200. The molecule has 2 amide bonds. The maximum atomic E-state index is 13.5. The first-order chi connectivity index (χ1) is 14.5. The molecule has 1 aromatic heterocycles. The van der Waals surface area contributed by atoms with E-state index in [1.165, 1.54) is 0 Å². The van der Waals surface area contributed by atoms with Crippen molar-refractivity contribution in [1.29, 1.82) is 0 Å². The van der Waals surface area contributed by atoms with Crippen LogP contribution in [0.4, 0.5) is 5.69 Å². The van der Waals surface area contributed by atoms with Crippen LogP contribution in [0.1, 0.15) is 31.0 Å². The van der Waals surface area contributed by atoms with Crippen LogP contribution >= 0.6 is 0 Å². The van der Waals surface area contributed by atoms with Gasteiger partial charge < -0.3 is 10.8 Å². The molecular formula is C22H24N4O4. The Morgan fingerprint density at radius 2 is 1.83 bits per heavy atom. The summed E-state index contributed by atoms with van der Waals surface area (Å²) in [5.74, 6) is -3.89. The van der Waals surface area contributed by atoms with E-state index in [1.807, 2.05) is 0 Å². The number of pyridine rings is 1. The molecule has 4 N–H and O–H groups in total. The molecule has 8 nitrogen and oxygen atoms in total. The van der Waals surface area contributed by atoms with Gasteiger partial charge in [0, 0.05) is 6.20 Å². The van der Waals surface area contributed by atoms with Crippen molar-refractivity contribution in [1.82, 2.24) is 10.3 Å². The van der Waals surface area contributed by atoms with Gasteiger partial charge in [0.2, 0.25) is 11.8 Å². The SMILES string of the molecule is NCCCCC1(C(=O)O)NC(c2ccccn2)C2C(=O)N(c3ccccc3)C(=O)C21. The topological polar surface area (TPSA) is 126 Å². The number of benzene rings is 1. The van der Waals surface area contributed by atoms with Gasteiger partial charge in [0.1, 0.15) is 5.54 Å². The molecule has 2 fully saturated rings. The Balaban J connectivity index is 1.81. The number of carboxylic acids is 1. The molecule has 2 aliphatic rings. The lowest BCUT2D eigenvalue weighted by Gasteiger charge is -2.31.